The smallest absolute Gasteiger partial charge is 0.166 e. The first-order valence-electron chi connectivity index (χ1n) is 8.70. The van der Waals surface area contributed by atoms with Gasteiger partial charge >= 0.3 is 0 Å². The number of aliphatic hydroxyl groups is 1. The number of fused-ring (bicyclic) bond motifs is 1. The number of benzene rings is 1. The average molecular weight is 391 g/mol. The van der Waals surface area contributed by atoms with Crippen molar-refractivity contribution in [2.45, 2.75) is 31.6 Å². The lowest BCUT2D eigenvalue weighted by atomic mass is 10.1. The van der Waals surface area contributed by atoms with E-state index in [4.69, 9.17) is 21.4 Å². The molecule has 0 saturated carbocycles. The summed E-state index contributed by atoms with van der Waals surface area (Å²) in [4.78, 5) is 8.60. The van der Waals surface area contributed by atoms with Crippen molar-refractivity contribution in [3.05, 3.63) is 47.4 Å². The van der Waals surface area contributed by atoms with E-state index in [9.17, 15) is 0 Å². The predicted octanol–water partition coefficient (Wildman–Crippen LogP) is 2.55. The van der Waals surface area contributed by atoms with Crippen molar-refractivity contribution >= 4 is 28.5 Å². The summed E-state index contributed by atoms with van der Waals surface area (Å²) >= 11 is 5.95. The molecular formula is C18H23ClN6O2. The van der Waals surface area contributed by atoms with Gasteiger partial charge in [-0.1, -0.05) is 23.7 Å². The molecule has 0 bridgehead atoms. The molecule has 2 atom stereocenters. The maximum atomic E-state index is 7.00. The number of ether oxygens (including phenoxy) is 1. The SMILES string of the molecule is CNNc1ncnc2c1cnn2C1CCC(Cc2ccc(Cl)cc2)O1.CO. The van der Waals surface area contributed by atoms with Crippen LogP contribution in [0.1, 0.15) is 24.6 Å². The third kappa shape index (κ3) is 4.36. The number of rotatable bonds is 5. The van der Waals surface area contributed by atoms with Crippen molar-refractivity contribution in [2.24, 2.45) is 0 Å². The highest BCUT2D eigenvalue weighted by atomic mass is 35.5. The lowest BCUT2D eigenvalue weighted by molar-refractivity contribution is -0.00227. The molecule has 1 aliphatic rings. The number of hydrazine groups is 1. The van der Waals surface area contributed by atoms with Crippen LogP contribution in [0.3, 0.4) is 0 Å². The standard InChI is InChI=1S/C17H19ClN6O.CH4O/c1-19-23-16-14-9-22-24(17(14)21-10-20-16)15-7-6-13(25-15)8-11-2-4-12(18)5-3-11;1-2/h2-5,9-10,13,15,19H,6-8H2,1H3,(H,20,21,23);2H,1H3. The van der Waals surface area contributed by atoms with E-state index in [2.05, 4.69) is 25.9 Å². The Hall–Kier alpha value is -2.26. The molecule has 3 N–H and O–H groups in total. The molecular weight excluding hydrogens is 368 g/mol. The highest BCUT2D eigenvalue weighted by molar-refractivity contribution is 6.30. The maximum Gasteiger partial charge on any atom is 0.166 e. The van der Waals surface area contributed by atoms with Crippen LogP contribution in [-0.4, -0.2) is 45.1 Å². The summed E-state index contributed by atoms with van der Waals surface area (Å²) in [7, 11) is 2.79. The van der Waals surface area contributed by atoms with Gasteiger partial charge in [-0.3, -0.25) is 0 Å². The molecule has 0 radical (unpaired) electrons. The van der Waals surface area contributed by atoms with Crippen LogP contribution >= 0.6 is 11.6 Å². The van der Waals surface area contributed by atoms with E-state index in [1.807, 2.05) is 28.9 Å². The monoisotopic (exact) mass is 390 g/mol. The molecule has 1 aromatic carbocycles. The number of nitrogens with zero attached hydrogens (tertiary/aromatic N) is 4. The van der Waals surface area contributed by atoms with Crippen molar-refractivity contribution in [1.29, 1.82) is 0 Å². The molecule has 3 heterocycles. The lowest BCUT2D eigenvalue weighted by Crippen LogP contribution is -2.17. The van der Waals surface area contributed by atoms with Gasteiger partial charge in [0, 0.05) is 19.2 Å². The summed E-state index contributed by atoms with van der Waals surface area (Å²) in [5, 5.41) is 13.1. The Morgan fingerprint density at radius 1 is 1.22 bits per heavy atom. The average Bonchev–Trinajstić information content (AvgIpc) is 3.33. The van der Waals surface area contributed by atoms with Gasteiger partial charge in [0.1, 0.15) is 6.33 Å². The number of halogens is 1. The number of anilines is 1. The van der Waals surface area contributed by atoms with Gasteiger partial charge in [-0.15, -0.1) is 0 Å². The van der Waals surface area contributed by atoms with Crippen molar-refractivity contribution in [1.82, 2.24) is 25.2 Å². The third-order valence-electron chi connectivity index (χ3n) is 4.37. The summed E-state index contributed by atoms with van der Waals surface area (Å²) in [6, 6.07) is 7.92. The van der Waals surface area contributed by atoms with E-state index < -0.39 is 0 Å². The van der Waals surface area contributed by atoms with Crippen LogP contribution in [0.5, 0.6) is 0 Å². The van der Waals surface area contributed by atoms with E-state index in [1.54, 1.807) is 13.2 Å². The van der Waals surface area contributed by atoms with Crippen molar-refractivity contribution in [3.8, 4) is 0 Å². The molecule has 27 heavy (non-hydrogen) atoms. The van der Waals surface area contributed by atoms with E-state index in [0.717, 1.165) is 42.4 Å². The van der Waals surface area contributed by atoms with E-state index in [1.165, 1.54) is 11.9 Å². The van der Waals surface area contributed by atoms with Gasteiger partial charge in [0.15, 0.2) is 17.7 Å². The summed E-state index contributed by atoms with van der Waals surface area (Å²) in [6.45, 7) is 0. The highest BCUT2D eigenvalue weighted by Gasteiger charge is 2.29. The zero-order valence-electron chi connectivity index (χ0n) is 15.3. The normalized spacial score (nSPS) is 19.0. The second-order valence-corrected chi connectivity index (χ2v) is 6.48. The molecule has 9 heteroatoms. The van der Waals surface area contributed by atoms with Crippen molar-refractivity contribution in [3.63, 3.8) is 0 Å². The lowest BCUT2D eigenvalue weighted by Gasteiger charge is -2.15. The maximum absolute atomic E-state index is 7.00. The van der Waals surface area contributed by atoms with Crippen LogP contribution in [0.25, 0.3) is 11.0 Å². The van der Waals surface area contributed by atoms with Gasteiger partial charge in [0.2, 0.25) is 0 Å². The Bertz CT molecular complexity index is 870. The van der Waals surface area contributed by atoms with Crippen LogP contribution in [0.15, 0.2) is 36.8 Å². The molecule has 2 aromatic heterocycles. The van der Waals surface area contributed by atoms with Gasteiger partial charge in [-0.25, -0.2) is 20.1 Å². The van der Waals surface area contributed by atoms with Crippen molar-refractivity contribution in [2.75, 3.05) is 19.6 Å². The van der Waals surface area contributed by atoms with E-state index in [0.29, 0.717) is 5.82 Å². The van der Waals surface area contributed by atoms with Crippen LogP contribution in [0.4, 0.5) is 5.82 Å². The van der Waals surface area contributed by atoms with Gasteiger partial charge in [0.05, 0.1) is 17.7 Å². The molecule has 2 unspecified atom stereocenters. The van der Waals surface area contributed by atoms with E-state index in [-0.39, 0.29) is 12.3 Å². The Morgan fingerprint density at radius 3 is 2.74 bits per heavy atom. The summed E-state index contributed by atoms with van der Waals surface area (Å²) in [5.74, 6) is 0.703. The minimum atomic E-state index is -0.105. The first-order chi connectivity index (χ1) is 13.2. The summed E-state index contributed by atoms with van der Waals surface area (Å²) < 4.78 is 8.07. The quantitative estimate of drug-likeness (QED) is 0.576. The van der Waals surface area contributed by atoms with Crippen LogP contribution in [0, 0.1) is 0 Å². The first-order valence-corrected chi connectivity index (χ1v) is 9.08. The number of nitrogens with one attached hydrogen (secondary N) is 2. The highest BCUT2D eigenvalue weighted by Crippen LogP contribution is 2.32. The Kier molecular flexibility index (Phi) is 6.57. The fourth-order valence-corrected chi connectivity index (χ4v) is 3.32. The topological polar surface area (TPSA) is 97.1 Å². The van der Waals surface area contributed by atoms with Gasteiger partial charge in [-0.05, 0) is 37.0 Å². The number of aliphatic hydroxyl groups excluding tert-OH is 1. The molecule has 0 amide bonds. The second kappa shape index (κ2) is 9.09. The Balaban J connectivity index is 0.00000102. The minimum absolute atomic E-state index is 0.105. The largest absolute Gasteiger partial charge is 0.400 e. The molecule has 0 aliphatic carbocycles. The molecule has 1 aliphatic heterocycles. The molecule has 8 nitrogen and oxygen atoms in total. The van der Waals surface area contributed by atoms with Crippen molar-refractivity contribution < 1.29 is 9.84 Å². The number of hydrogen-bond donors (Lipinski definition) is 3. The molecule has 4 rings (SSSR count). The fourth-order valence-electron chi connectivity index (χ4n) is 3.19. The Labute approximate surface area is 162 Å². The van der Waals surface area contributed by atoms with Crippen LogP contribution < -0.4 is 10.9 Å². The fraction of sp³-hybridized carbons (Fsp3) is 0.389. The zero-order chi connectivity index (χ0) is 19.2. The molecule has 1 fully saturated rings. The van der Waals surface area contributed by atoms with Gasteiger partial charge < -0.3 is 15.3 Å². The van der Waals surface area contributed by atoms with Gasteiger partial charge in [0.25, 0.3) is 0 Å². The number of aromatic nitrogens is 4. The third-order valence-corrected chi connectivity index (χ3v) is 4.62. The van der Waals surface area contributed by atoms with Crippen LogP contribution in [0.2, 0.25) is 5.02 Å². The molecule has 1 saturated heterocycles. The second-order valence-electron chi connectivity index (χ2n) is 6.04. The summed E-state index contributed by atoms with van der Waals surface area (Å²) in [5.41, 5.74) is 7.86. The predicted molar refractivity (Wildman–Crippen MR) is 104 cm³/mol. The zero-order valence-corrected chi connectivity index (χ0v) is 16.0. The summed E-state index contributed by atoms with van der Waals surface area (Å²) in [6.07, 6.45) is 6.13. The van der Waals surface area contributed by atoms with Gasteiger partial charge in [-0.2, -0.15) is 5.10 Å². The van der Waals surface area contributed by atoms with E-state index >= 15 is 0 Å². The molecule has 144 valence electrons. The molecule has 0 spiro atoms. The molecule has 3 aromatic rings. The first kappa shape index (κ1) is 19.5. The Morgan fingerprint density at radius 2 is 2.00 bits per heavy atom. The van der Waals surface area contributed by atoms with Crippen LogP contribution in [-0.2, 0) is 11.2 Å². The minimum Gasteiger partial charge on any atom is -0.400 e. The number of hydrogen-bond acceptors (Lipinski definition) is 7.